The normalized spacial score (nSPS) is 13.3. The number of benzene rings is 2. The third-order valence-electron chi connectivity index (χ3n) is 5.96. The molecule has 3 aromatic rings. The SMILES string of the molecule is CCOC(=O)c1c(NC(=O)CCCSc2ccc(C)cc2)sc2c1CCN(Cc1ccccc1)C2. The van der Waals surface area contributed by atoms with E-state index in [1.165, 1.54) is 27.4 Å². The van der Waals surface area contributed by atoms with E-state index in [4.69, 9.17) is 4.74 Å². The highest BCUT2D eigenvalue weighted by molar-refractivity contribution is 7.99. The van der Waals surface area contributed by atoms with E-state index in [-0.39, 0.29) is 11.9 Å². The van der Waals surface area contributed by atoms with Crippen molar-refractivity contribution in [3.05, 3.63) is 81.7 Å². The Kier molecular flexibility index (Phi) is 9.01. The lowest BCUT2D eigenvalue weighted by Gasteiger charge is -2.27. The van der Waals surface area contributed by atoms with Crippen LogP contribution in [0.15, 0.2) is 59.5 Å². The molecule has 0 spiro atoms. The van der Waals surface area contributed by atoms with Crippen molar-refractivity contribution in [2.45, 2.75) is 51.1 Å². The first-order valence-corrected chi connectivity index (χ1v) is 13.9. The number of esters is 1. The monoisotopic (exact) mass is 508 g/mol. The van der Waals surface area contributed by atoms with Crippen LogP contribution in [0.25, 0.3) is 0 Å². The summed E-state index contributed by atoms with van der Waals surface area (Å²) in [7, 11) is 0. The topological polar surface area (TPSA) is 58.6 Å². The van der Waals surface area contributed by atoms with Gasteiger partial charge in [-0.1, -0.05) is 48.0 Å². The molecule has 2 heterocycles. The summed E-state index contributed by atoms with van der Waals surface area (Å²) in [5.74, 6) is 0.475. The van der Waals surface area contributed by atoms with Crippen molar-refractivity contribution in [1.29, 1.82) is 0 Å². The smallest absolute Gasteiger partial charge is 0.341 e. The first-order valence-electron chi connectivity index (χ1n) is 12.1. The number of aryl methyl sites for hydroxylation is 1. The van der Waals surface area contributed by atoms with Gasteiger partial charge in [0.15, 0.2) is 0 Å². The van der Waals surface area contributed by atoms with Crippen LogP contribution in [0.3, 0.4) is 0 Å². The standard InChI is InChI=1S/C28H32N2O3S2/c1-3-33-28(32)26-23-15-16-30(18-21-8-5-4-6-9-21)19-24(23)35-27(26)29-25(31)10-7-17-34-22-13-11-20(2)12-14-22/h4-6,8-9,11-14H,3,7,10,15-19H2,1-2H3,(H,29,31). The number of amides is 1. The predicted octanol–water partition coefficient (Wildman–Crippen LogP) is 6.30. The molecule has 1 amide bonds. The van der Waals surface area contributed by atoms with Gasteiger partial charge in [-0.15, -0.1) is 23.1 Å². The zero-order valence-electron chi connectivity index (χ0n) is 20.3. The molecule has 1 N–H and O–H groups in total. The molecular formula is C28H32N2O3S2. The second-order valence-electron chi connectivity index (χ2n) is 8.69. The fourth-order valence-corrected chi connectivity index (χ4v) is 6.33. The third kappa shape index (κ3) is 6.97. The number of nitrogens with zero attached hydrogens (tertiary/aromatic N) is 1. The van der Waals surface area contributed by atoms with Gasteiger partial charge in [-0.3, -0.25) is 9.69 Å². The maximum atomic E-state index is 12.8. The number of anilines is 1. The van der Waals surface area contributed by atoms with Gasteiger partial charge >= 0.3 is 5.97 Å². The van der Waals surface area contributed by atoms with Gasteiger partial charge in [0.2, 0.25) is 5.91 Å². The molecule has 0 radical (unpaired) electrons. The fourth-order valence-electron chi connectivity index (χ4n) is 4.19. The number of hydrogen-bond donors (Lipinski definition) is 1. The number of rotatable bonds is 10. The molecule has 0 atom stereocenters. The highest BCUT2D eigenvalue weighted by Crippen LogP contribution is 2.38. The minimum Gasteiger partial charge on any atom is -0.462 e. The van der Waals surface area contributed by atoms with Crippen molar-refractivity contribution < 1.29 is 14.3 Å². The Labute approximate surface area is 215 Å². The summed E-state index contributed by atoms with van der Waals surface area (Å²) in [6.45, 7) is 6.70. The Morgan fingerprint density at radius 3 is 2.63 bits per heavy atom. The van der Waals surface area contributed by atoms with Crippen LogP contribution in [-0.4, -0.2) is 35.7 Å². The molecule has 7 heteroatoms. The van der Waals surface area contributed by atoms with Crippen LogP contribution >= 0.6 is 23.1 Å². The van der Waals surface area contributed by atoms with E-state index < -0.39 is 0 Å². The van der Waals surface area contributed by atoms with Crippen molar-refractivity contribution in [1.82, 2.24) is 4.90 Å². The average molecular weight is 509 g/mol. The molecule has 184 valence electrons. The summed E-state index contributed by atoms with van der Waals surface area (Å²) in [6, 6.07) is 18.8. The zero-order valence-corrected chi connectivity index (χ0v) is 22.0. The van der Waals surface area contributed by atoms with Crippen LogP contribution in [0.5, 0.6) is 0 Å². The first kappa shape index (κ1) is 25.5. The van der Waals surface area contributed by atoms with Crippen LogP contribution in [0.4, 0.5) is 5.00 Å². The van der Waals surface area contributed by atoms with Gasteiger partial charge in [0, 0.05) is 35.8 Å². The highest BCUT2D eigenvalue weighted by Gasteiger charge is 2.29. The Morgan fingerprint density at radius 2 is 1.89 bits per heavy atom. The first-order chi connectivity index (χ1) is 17.0. The number of carbonyl (C=O) groups is 2. The Morgan fingerprint density at radius 1 is 1.11 bits per heavy atom. The Hall–Kier alpha value is -2.61. The summed E-state index contributed by atoms with van der Waals surface area (Å²) in [5, 5.41) is 3.66. The number of fused-ring (bicyclic) bond motifs is 1. The van der Waals surface area contributed by atoms with E-state index >= 15 is 0 Å². The van der Waals surface area contributed by atoms with Crippen molar-refractivity contribution in [2.75, 3.05) is 24.2 Å². The minimum absolute atomic E-state index is 0.0557. The van der Waals surface area contributed by atoms with Crippen LogP contribution in [0, 0.1) is 6.92 Å². The molecule has 35 heavy (non-hydrogen) atoms. The molecule has 0 bridgehead atoms. The lowest BCUT2D eigenvalue weighted by Crippen LogP contribution is -2.29. The molecule has 0 saturated carbocycles. The molecule has 0 unspecified atom stereocenters. The highest BCUT2D eigenvalue weighted by atomic mass is 32.2. The lowest BCUT2D eigenvalue weighted by molar-refractivity contribution is -0.116. The van der Waals surface area contributed by atoms with Gasteiger partial charge in [-0.2, -0.15) is 0 Å². The second-order valence-corrected chi connectivity index (χ2v) is 11.0. The summed E-state index contributed by atoms with van der Waals surface area (Å²) in [4.78, 5) is 30.3. The average Bonchev–Trinajstić information content (AvgIpc) is 3.20. The van der Waals surface area contributed by atoms with E-state index in [1.54, 1.807) is 11.8 Å². The van der Waals surface area contributed by atoms with E-state index in [9.17, 15) is 9.59 Å². The summed E-state index contributed by atoms with van der Waals surface area (Å²) in [6.07, 6.45) is 1.97. The summed E-state index contributed by atoms with van der Waals surface area (Å²) in [5.41, 5.74) is 4.10. The fraction of sp³-hybridized carbons (Fsp3) is 0.357. The van der Waals surface area contributed by atoms with Gasteiger partial charge in [-0.25, -0.2) is 4.79 Å². The molecule has 0 aliphatic carbocycles. The van der Waals surface area contributed by atoms with Crippen molar-refractivity contribution >= 4 is 40.0 Å². The maximum Gasteiger partial charge on any atom is 0.341 e. The number of thioether (sulfide) groups is 1. The van der Waals surface area contributed by atoms with Gasteiger partial charge < -0.3 is 10.1 Å². The quantitative estimate of drug-likeness (QED) is 0.198. The van der Waals surface area contributed by atoms with E-state index in [2.05, 4.69) is 65.7 Å². The van der Waals surface area contributed by atoms with Crippen LogP contribution in [0.2, 0.25) is 0 Å². The Bertz CT molecular complexity index is 1140. The van der Waals surface area contributed by atoms with Gasteiger partial charge in [0.05, 0.1) is 12.2 Å². The number of hydrogen-bond acceptors (Lipinski definition) is 6. The van der Waals surface area contributed by atoms with Crippen LogP contribution in [0.1, 0.15) is 51.7 Å². The molecule has 2 aromatic carbocycles. The number of carbonyl (C=O) groups excluding carboxylic acids is 2. The minimum atomic E-state index is -0.341. The Balaban J connectivity index is 1.38. The number of thiophene rings is 1. The molecule has 5 nitrogen and oxygen atoms in total. The van der Waals surface area contributed by atoms with Gasteiger partial charge in [-0.05, 0) is 55.7 Å². The number of ether oxygens (including phenoxy) is 1. The van der Waals surface area contributed by atoms with Crippen molar-refractivity contribution in [3.63, 3.8) is 0 Å². The van der Waals surface area contributed by atoms with Crippen molar-refractivity contribution in [3.8, 4) is 0 Å². The van der Waals surface area contributed by atoms with Crippen molar-refractivity contribution in [2.24, 2.45) is 0 Å². The molecule has 1 aliphatic heterocycles. The maximum absolute atomic E-state index is 12.8. The molecule has 4 rings (SSSR count). The van der Waals surface area contributed by atoms with Gasteiger partial charge in [0.25, 0.3) is 0 Å². The largest absolute Gasteiger partial charge is 0.462 e. The predicted molar refractivity (Wildman–Crippen MR) is 144 cm³/mol. The van der Waals surface area contributed by atoms with Crippen LogP contribution in [-0.2, 0) is 29.0 Å². The van der Waals surface area contributed by atoms with Crippen LogP contribution < -0.4 is 5.32 Å². The molecular weight excluding hydrogens is 476 g/mol. The molecule has 0 fully saturated rings. The van der Waals surface area contributed by atoms with E-state index in [0.717, 1.165) is 48.7 Å². The van der Waals surface area contributed by atoms with E-state index in [1.807, 2.05) is 13.0 Å². The molecule has 1 aromatic heterocycles. The molecule has 1 aliphatic rings. The second kappa shape index (κ2) is 12.4. The lowest BCUT2D eigenvalue weighted by atomic mass is 10.0. The molecule has 0 saturated heterocycles. The third-order valence-corrected chi connectivity index (χ3v) is 8.19. The van der Waals surface area contributed by atoms with E-state index in [0.29, 0.717) is 23.6 Å². The van der Waals surface area contributed by atoms with Gasteiger partial charge in [0.1, 0.15) is 5.00 Å². The summed E-state index contributed by atoms with van der Waals surface area (Å²) >= 11 is 3.27. The zero-order chi connectivity index (χ0) is 24.6. The number of nitrogens with one attached hydrogen (secondary N) is 1. The summed E-state index contributed by atoms with van der Waals surface area (Å²) < 4.78 is 5.35.